The zero-order chi connectivity index (χ0) is 26.6. The molecule has 4 aromatic rings. The summed E-state index contributed by atoms with van der Waals surface area (Å²) in [6.07, 6.45) is 5.98. The Labute approximate surface area is 228 Å². The van der Waals surface area contributed by atoms with Gasteiger partial charge in [0, 0.05) is 51.2 Å². The van der Waals surface area contributed by atoms with Gasteiger partial charge in [-0.3, -0.25) is 19.0 Å². The summed E-state index contributed by atoms with van der Waals surface area (Å²) in [7, 11) is 0. The Bertz CT molecular complexity index is 1520. The number of Topliss-reactive ketones (excluding diaryl/α,β-unsaturated/α-hetero) is 1. The maximum absolute atomic E-state index is 12.5. The highest BCUT2D eigenvalue weighted by molar-refractivity contribution is 7.18. The molecule has 3 aromatic heterocycles. The molecule has 1 aliphatic heterocycles. The first kappa shape index (κ1) is 25.9. The number of nitrogens with one attached hydrogen (secondary N) is 1. The van der Waals surface area contributed by atoms with Gasteiger partial charge in [0.2, 0.25) is 5.91 Å². The number of nitrogens with zero attached hydrogens (tertiary/aromatic N) is 5. The van der Waals surface area contributed by atoms with Gasteiger partial charge in [-0.2, -0.15) is 0 Å². The van der Waals surface area contributed by atoms with Crippen molar-refractivity contribution in [3.63, 3.8) is 0 Å². The van der Waals surface area contributed by atoms with Gasteiger partial charge in [0.1, 0.15) is 0 Å². The largest absolute Gasteiger partial charge is 0.370 e. The van der Waals surface area contributed by atoms with Crippen LogP contribution in [0.4, 0.5) is 5.69 Å². The number of pyridine rings is 1. The van der Waals surface area contributed by atoms with E-state index >= 15 is 0 Å². The Morgan fingerprint density at radius 2 is 1.92 bits per heavy atom. The number of ketones is 1. The minimum absolute atomic E-state index is 0.0228. The number of rotatable bonds is 8. The first-order chi connectivity index (χ1) is 18.4. The van der Waals surface area contributed by atoms with Gasteiger partial charge in [-0.05, 0) is 49.2 Å². The molecule has 0 bridgehead atoms. The van der Waals surface area contributed by atoms with Crippen LogP contribution in [0.2, 0.25) is 4.34 Å². The SMILES string of the molecule is CC(=O)NC1CCN(c2cc(-n3ccccc3=O)ccc2-n2cc(CCC(=O)c3ccc(Cl)s3)nn2)CC1. The molecule has 9 nitrogen and oxygen atoms in total. The van der Waals surface area contributed by atoms with Crippen molar-refractivity contribution in [3.8, 4) is 11.4 Å². The Morgan fingerprint density at radius 1 is 1.11 bits per heavy atom. The zero-order valence-electron chi connectivity index (χ0n) is 20.8. The number of hydrogen-bond acceptors (Lipinski definition) is 7. The Morgan fingerprint density at radius 3 is 2.63 bits per heavy atom. The van der Waals surface area contributed by atoms with Crippen LogP contribution >= 0.6 is 22.9 Å². The van der Waals surface area contributed by atoms with Crippen molar-refractivity contribution >= 4 is 40.3 Å². The van der Waals surface area contributed by atoms with Crippen LogP contribution in [0.5, 0.6) is 0 Å². The summed E-state index contributed by atoms with van der Waals surface area (Å²) in [5.74, 6) is 0.00206. The van der Waals surface area contributed by atoms with Crippen molar-refractivity contribution < 1.29 is 9.59 Å². The lowest BCUT2D eigenvalue weighted by molar-refractivity contribution is -0.119. The Kier molecular flexibility index (Phi) is 7.71. The number of piperidine rings is 1. The zero-order valence-corrected chi connectivity index (χ0v) is 22.4. The molecule has 0 saturated carbocycles. The third kappa shape index (κ3) is 5.87. The first-order valence-electron chi connectivity index (χ1n) is 12.4. The predicted molar refractivity (Wildman–Crippen MR) is 148 cm³/mol. The highest BCUT2D eigenvalue weighted by Crippen LogP contribution is 2.30. The van der Waals surface area contributed by atoms with E-state index in [0.29, 0.717) is 27.7 Å². The minimum atomic E-state index is -0.115. The average Bonchev–Trinajstić information content (AvgIpc) is 3.57. The maximum Gasteiger partial charge on any atom is 0.255 e. The first-order valence-corrected chi connectivity index (χ1v) is 13.6. The Hall–Kier alpha value is -3.76. The summed E-state index contributed by atoms with van der Waals surface area (Å²) in [5.41, 5.74) is 3.08. The molecule has 1 saturated heterocycles. The van der Waals surface area contributed by atoms with Gasteiger partial charge < -0.3 is 10.2 Å². The quantitative estimate of drug-likeness (QED) is 0.332. The predicted octanol–water partition coefficient (Wildman–Crippen LogP) is 4.05. The van der Waals surface area contributed by atoms with Gasteiger partial charge in [-0.1, -0.05) is 22.9 Å². The molecule has 1 N–H and O–H groups in total. The summed E-state index contributed by atoms with van der Waals surface area (Å²) in [4.78, 5) is 39.4. The van der Waals surface area contributed by atoms with E-state index in [9.17, 15) is 14.4 Å². The van der Waals surface area contributed by atoms with E-state index in [4.69, 9.17) is 11.6 Å². The van der Waals surface area contributed by atoms with E-state index in [0.717, 1.165) is 43.0 Å². The molecule has 5 rings (SSSR count). The van der Waals surface area contributed by atoms with Crippen LogP contribution < -0.4 is 15.8 Å². The molecule has 0 radical (unpaired) electrons. The van der Waals surface area contributed by atoms with Crippen molar-refractivity contribution in [1.82, 2.24) is 24.9 Å². The van der Waals surface area contributed by atoms with Crippen molar-refractivity contribution in [1.29, 1.82) is 0 Å². The third-order valence-corrected chi connectivity index (χ3v) is 7.82. The van der Waals surface area contributed by atoms with Crippen LogP contribution in [-0.2, 0) is 11.2 Å². The summed E-state index contributed by atoms with van der Waals surface area (Å²) < 4.78 is 3.91. The number of halogens is 1. The summed E-state index contributed by atoms with van der Waals surface area (Å²) in [6.45, 7) is 3.02. The molecule has 0 unspecified atom stereocenters. The molecule has 1 aliphatic rings. The van der Waals surface area contributed by atoms with Crippen molar-refractivity contribution in [2.45, 2.75) is 38.6 Å². The highest BCUT2D eigenvalue weighted by Gasteiger charge is 2.23. The fourth-order valence-electron chi connectivity index (χ4n) is 4.66. The van der Waals surface area contributed by atoms with Gasteiger partial charge in [0.15, 0.2) is 5.78 Å². The molecular formula is C27H27ClN6O3S. The molecule has 1 aromatic carbocycles. The number of thiophene rings is 1. The van der Waals surface area contributed by atoms with Gasteiger partial charge in [0.25, 0.3) is 5.56 Å². The van der Waals surface area contributed by atoms with Crippen LogP contribution in [0.15, 0.2) is 65.7 Å². The number of carbonyl (C=O) groups excluding carboxylic acids is 2. The van der Waals surface area contributed by atoms with E-state index in [2.05, 4.69) is 20.5 Å². The monoisotopic (exact) mass is 550 g/mol. The molecule has 0 atom stereocenters. The van der Waals surface area contributed by atoms with Crippen molar-refractivity contribution in [2.24, 2.45) is 0 Å². The Balaban J connectivity index is 1.40. The van der Waals surface area contributed by atoms with Crippen LogP contribution in [0.1, 0.15) is 41.6 Å². The molecule has 4 heterocycles. The lowest BCUT2D eigenvalue weighted by Gasteiger charge is -2.35. The molecule has 38 heavy (non-hydrogen) atoms. The molecule has 0 spiro atoms. The number of carbonyl (C=O) groups is 2. The molecule has 196 valence electrons. The van der Waals surface area contributed by atoms with E-state index in [1.807, 2.05) is 30.5 Å². The van der Waals surface area contributed by atoms with Crippen LogP contribution in [0.25, 0.3) is 11.4 Å². The van der Waals surface area contributed by atoms with Crippen molar-refractivity contribution in [3.05, 3.63) is 86.2 Å². The fourth-order valence-corrected chi connectivity index (χ4v) is 5.67. The lowest BCUT2D eigenvalue weighted by Crippen LogP contribution is -2.44. The summed E-state index contributed by atoms with van der Waals surface area (Å²) >= 11 is 7.24. The van der Waals surface area contributed by atoms with E-state index in [-0.39, 0.29) is 23.3 Å². The van der Waals surface area contributed by atoms with Gasteiger partial charge >= 0.3 is 0 Å². The van der Waals surface area contributed by atoms with Gasteiger partial charge in [0.05, 0.1) is 38.2 Å². The number of hydrogen-bond donors (Lipinski definition) is 1. The molecule has 1 amide bonds. The number of amides is 1. The fraction of sp³-hybridized carbons (Fsp3) is 0.296. The second-order valence-corrected chi connectivity index (χ2v) is 10.9. The van der Waals surface area contributed by atoms with Gasteiger partial charge in [-0.25, -0.2) is 4.68 Å². The maximum atomic E-state index is 12.5. The van der Waals surface area contributed by atoms with Crippen LogP contribution in [0, 0.1) is 0 Å². The number of benzene rings is 1. The summed E-state index contributed by atoms with van der Waals surface area (Å²) in [6, 6.07) is 14.5. The standard InChI is InChI=1S/C27H27ClN6O3S/c1-18(35)29-19-11-14-32(15-12-19)23-16-21(33-13-3-2-4-27(33)37)6-7-22(23)34-17-20(30-31-34)5-8-24(36)25-9-10-26(28)38-25/h2-4,6-7,9-10,13,16-17,19H,5,8,11-12,14-15H2,1H3,(H,29,35). The summed E-state index contributed by atoms with van der Waals surface area (Å²) in [5, 5.41) is 11.7. The van der Waals surface area contributed by atoms with Crippen LogP contribution in [0.3, 0.4) is 0 Å². The van der Waals surface area contributed by atoms with Crippen LogP contribution in [-0.4, -0.2) is 50.4 Å². The lowest BCUT2D eigenvalue weighted by atomic mass is 10.0. The van der Waals surface area contributed by atoms with E-state index in [1.54, 1.807) is 33.6 Å². The topological polar surface area (TPSA) is 102 Å². The second-order valence-electron chi connectivity index (χ2n) is 9.23. The second kappa shape index (κ2) is 11.3. The number of aromatic nitrogens is 4. The normalized spacial score (nSPS) is 14.0. The smallest absolute Gasteiger partial charge is 0.255 e. The molecule has 0 aliphatic carbocycles. The highest BCUT2D eigenvalue weighted by atomic mass is 35.5. The third-order valence-electron chi connectivity index (χ3n) is 6.55. The van der Waals surface area contributed by atoms with E-state index < -0.39 is 0 Å². The van der Waals surface area contributed by atoms with Crippen molar-refractivity contribution in [2.75, 3.05) is 18.0 Å². The number of aryl methyl sites for hydroxylation is 1. The molecular weight excluding hydrogens is 524 g/mol. The molecule has 11 heteroatoms. The molecule has 1 fully saturated rings. The average molecular weight is 551 g/mol. The van der Waals surface area contributed by atoms with E-state index in [1.165, 1.54) is 24.3 Å². The van der Waals surface area contributed by atoms with Gasteiger partial charge in [-0.15, -0.1) is 16.4 Å². The minimum Gasteiger partial charge on any atom is -0.370 e. The number of anilines is 1.